The van der Waals surface area contributed by atoms with Gasteiger partial charge in [-0.05, 0) is 106 Å². The third kappa shape index (κ3) is 7.55. The lowest BCUT2D eigenvalue weighted by Crippen LogP contribution is -1.93. The topological polar surface area (TPSA) is 57.4 Å². The van der Waals surface area contributed by atoms with Gasteiger partial charge >= 0.3 is 0 Å². The molecule has 0 radical (unpaired) electrons. The fourth-order valence-electron chi connectivity index (χ4n) is 5.95. The van der Waals surface area contributed by atoms with Crippen molar-refractivity contribution < 1.29 is 0 Å². The van der Waals surface area contributed by atoms with Crippen LogP contribution in [0.15, 0.2) is 33.2 Å². The molecule has 5 rings (SSSR count). The second kappa shape index (κ2) is 15.3. The van der Waals surface area contributed by atoms with Crippen LogP contribution in [0.2, 0.25) is 0 Å². The van der Waals surface area contributed by atoms with Crippen molar-refractivity contribution in [2.75, 3.05) is 0 Å². The van der Waals surface area contributed by atoms with Gasteiger partial charge in [0.15, 0.2) is 0 Å². The molecular weight excluding hydrogens is 648 g/mol. The molecule has 8 bridgehead atoms. The molecule has 4 nitrogen and oxygen atoms in total. The highest BCUT2D eigenvalue weighted by atomic mass is 79.9. The number of aromatic amines is 2. The predicted molar refractivity (Wildman–Crippen MR) is 188 cm³/mol. The van der Waals surface area contributed by atoms with Crippen molar-refractivity contribution in [3.8, 4) is 0 Å². The van der Waals surface area contributed by atoms with Crippen LogP contribution >= 0.6 is 31.9 Å². The van der Waals surface area contributed by atoms with Gasteiger partial charge in [0.05, 0.1) is 42.8 Å². The van der Waals surface area contributed by atoms with Gasteiger partial charge in [-0.3, -0.25) is 0 Å². The van der Waals surface area contributed by atoms with Gasteiger partial charge in [-0.2, -0.15) is 0 Å². The van der Waals surface area contributed by atoms with E-state index in [4.69, 9.17) is 9.97 Å². The summed E-state index contributed by atoms with van der Waals surface area (Å²) in [6, 6.07) is 8.77. The number of nitrogens with one attached hydrogen (secondary N) is 2. The third-order valence-electron chi connectivity index (χ3n) is 8.40. The van der Waals surface area contributed by atoms with E-state index in [1.807, 2.05) is 0 Å². The van der Waals surface area contributed by atoms with E-state index in [1.54, 1.807) is 0 Å². The van der Waals surface area contributed by atoms with E-state index in [9.17, 15) is 0 Å². The Kier molecular flexibility index (Phi) is 11.3. The van der Waals surface area contributed by atoms with E-state index < -0.39 is 0 Å². The zero-order valence-corrected chi connectivity index (χ0v) is 28.3. The van der Waals surface area contributed by atoms with Crippen LogP contribution in [0, 0.1) is 0 Å². The molecule has 3 aromatic heterocycles. The quantitative estimate of drug-likeness (QED) is 0.114. The predicted octanol–water partition coefficient (Wildman–Crippen LogP) is 12.0. The fourth-order valence-corrected chi connectivity index (χ4v) is 6.85. The molecule has 0 atom stereocenters. The summed E-state index contributed by atoms with van der Waals surface area (Å²) in [4.78, 5) is 17.7. The number of nitrogens with zero attached hydrogens (tertiary/aromatic N) is 2. The summed E-state index contributed by atoms with van der Waals surface area (Å²) in [5.74, 6) is 0. The molecule has 0 spiro atoms. The Bertz CT molecular complexity index is 1480. The fraction of sp³-hybridized carbons (Fsp3) is 0.444. The largest absolute Gasteiger partial charge is 0.354 e. The second-order valence-electron chi connectivity index (χ2n) is 11.6. The SMILES string of the molecule is CCCCCCCCc1c2nc(c(Br)c3nc(c(CCCCCCCC)c4ccc([nH]4)c(Br)c4ccc1[nH]4)C=C3)C=C2. The molecule has 0 amide bonds. The maximum Gasteiger partial charge on any atom is 0.0801 e. The van der Waals surface area contributed by atoms with Gasteiger partial charge in [-0.25, -0.2) is 9.97 Å². The first-order valence-corrected chi connectivity index (χ1v) is 17.6. The molecule has 0 aromatic carbocycles. The molecule has 0 fully saturated rings. The van der Waals surface area contributed by atoms with Crippen molar-refractivity contribution in [1.29, 1.82) is 0 Å². The lowest BCUT2D eigenvalue weighted by molar-refractivity contribution is 0.607. The molecule has 2 aliphatic rings. The number of halogens is 2. The lowest BCUT2D eigenvalue weighted by Gasteiger charge is -2.05. The van der Waals surface area contributed by atoms with Gasteiger partial charge < -0.3 is 9.97 Å². The van der Waals surface area contributed by atoms with Gasteiger partial charge in [-0.15, -0.1) is 0 Å². The number of hydrogen-bond donors (Lipinski definition) is 2. The molecule has 0 saturated heterocycles. The Balaban J connectivity index is 1.60. The van der Waals surface area contributed by atoms with Crippen LogP contribution in [-0.4, -0.2) is 19.9 Å². The Hall–Kier alpha value is -2.44. The number of fused-ring (bicyclic) bond motifs is 8. The zero-order valence-electron chi connectivity index (χ0n) is 25.2. The molecule has 5 heterocycles. The maximum absolute atomic E-state index is 5.12. The van der Waals surface area contributed by atoms with Gasteiger partial charge in [0.2, 0.25) is 0 Å². The highest BCUT2D eigenvalue weighted by Gasteiger charge is 2.15. The van der Waals surface area contributed by atoms with Crippen molar-refractivity contribution >= 4 is 78.2 Å². The van der Waals surface area contributed by atoms with Crippen molar-refractivity contribution in [3.05, 3.63) is 67.1 Å². The number of rotatable bonds is 14. The van der Waals surface area contributed by atoms with Crippen LogP contribution < -0.4 is 0 Å². The van der Waals surface area contributed by atoms with Gasteiger partial charge in [0, 0.05) is 22.2 Å². The highest BCUT2D eigenvalue weighted by molar-refractivity contribution is 9.11. The van der Waals surface area contributed by atoms with Crippen molar-refractivity contribution in [3.63, 3.8) is 0 Å². The molecular formula is C36H44Br2N4. The molecule has 0 saturated carbocycles. The van der Waals surface area contributed by atoms with Crippen LogP contribution in [0.3, 0.4) is 0 Å². The van der Waals surface area contributed by atoms with Gasteiger partial charge in [0.1, 0.15) is 0 Å². The van der Waals surface area contributed by atoms with Crippen LogP contribution in [0.5, 0.6) is 0 Å². The van der Waals surface area contributed by atoms with Crippen LogP contribution in [-0.2, 0) is 12.8 Å². The number of aryl methyl sites for hydroxylation is 2. The summed E-state index contributed by atoms with van der Waals surface area (Å²) in [5, 5.41) is 0. The van der Waals surface area contributed by atoms with Gasteiger partial charge in [-0.1, -0.05) is 78.1 Å². The summed E-state index contributed by atoms with van der Waals surface area (Å²) in [7, 11) is 0. The Labute approximate surface area is 267 Å². The zero-order chi connectivity index (χ0) is 29.3. The third-order valence-corrected chi connectivity index (χ3v) is 10.1. The van der Waals surface area contributed by atoms with Crippen LogP contribution in [0.4, 0.5) is 0 Å². The molecule has 0 aliphatic carbocycles. The standard InChI is InChI=1S/C36H44Br2N4/c1-3-5-7-9-11-13-15-25-27-17-21-31(39-27)35(37)33-23-19-29(41-33)26(16-14-12-10-8-6-4-2)30-20-24-34(42-30)36(38)32-22-18-28(25)40-32/h17-24,39,41H,3-16H2,1-2H3. The molecule has 42 heavy (non-hydrogen) atoms. The molecule has 2 N–H and O–H groups in total. The minimum absolute atomic E-state index is 0.932. The Morgan fingerprint density at radius 1 is 0.476 bits per heavy atom. The second-order valence-corrected chi connectivity index (χ2v) is 13.2. The smallest absolute Gasteiger partial charge is 0.0801 e. The first kappa shape index (κ1) is 31.0. The lowest BCUT2D eigenvalue weighted by atomic mass is 10.0. The van der Waals surface area contributed by atoms with E-state index in [2.05, 4.69) is 104 Å². The minimum Gasteiger partial charge on any atom is -0.354 e. The molecule has 222 valence electrons. The molecule has 3 aromatic rings. The van der Waals surface area contributed by atoms with E-state index >= 15 is 0 Å². The first-order chi connectivity index (χ1) is 20.6. The van der Waals surface area contributed by atoms with Gasteiger partial charge in [0.25, 0.3) is 0 Å². The van der Waals surface area contributed by atoms with Crippen molar-refractivity contribution in [2.45, 2.75) is 104 Å². The first-order valence-electron chi connectivity index (χ1n) is 16.0. The maximum atomic E-state index is 5.12. The summed E-state index contributed by atoms with van der Waals surface area (Å²) in [6.07, 6.45) is 25.9. The molecule has 6 heteroatoms. The summed E-state index contributed by atoms with van der Waals surface area (Å²) in [6.45, 7) is 4.54. The Morgan fingerprint density at radius 3 is 1.31 bits per heavy atom. The van der Waals surface area contributed by atoms with Crippen molar-refractivity contribution in [2.24, 2.45) is 0 Å². The molecule has 0 unspecified atom stereocenters. The van der Waals surface area contributed by atoms with Crippen LogP contribution in [0.25, 0.3) is 46.4 Å². The normalized spacial score (nSPS) is 12.5. The summed E-state index contributed by atoms with van der Waals surface area (Å²) < 4.78 is 1.98. The number of aromatic nitrogens is 4. The van der Waals surface area contributed by atoms with E-state index in [1.165, 1.54) is 75.3 Å². The Morgan fingerprint density at radius 2 is 0.857 bits per heavy atom. The number of hydrogen-bond acceptors (Lipinski definition) is 2. The molecule has 2 aliphatic heterocycles. The summed E-state index contributed by atoms with van der Waals surface area (Å²) in [5.41, 5.74) is 10.9. The average molecular weight is 693 g/mol. The van der Waals surface area contributed by atoms with E-state index in [0.29, 0.717) is 0 Å². The number of H-pyrrole nitrogens is 2. The average Bonchev–Trinajstić information content (AvgIpc) is 3.82. The van der Waals surface area contributed by atoms with Crippen molar-refractivity contribution in [1.82, 2.24) is 19.9 Å². The summed E-state index contributed by atoms with van der Waals surface area (Å²) >= 11 is 7.78. The van der Waals surface area contributed by atoms with Crippen LogP contribution in [0.1, 0.15) is 125 Å². The van der Waals surface area contributed by atoms with E-state index in [-0.39, 0.29) is 0 Å². The van der Waals surface area contributed by atoms with E-state index in [0.717, 1.165) is 79.5 Å². The minimum atomic E-state index is 0.932. The number of unbranched alkanes of at least 4 members (excludes halogenated alkanes) is 10. The highest BCUT2D eigenvalue weighted by Crippen LogP contribution is 2.31. The monoisotopic (exact) mass is 690 g/mol.